The maximum Gasteiger partial charge on any atom is 0.209 e. The van der Waals surface area contributed by atoms with E-state index in [1.54, 1.807) is 11.3 Å². The highest BCUT2D eigenvalue weighted by molar-refractivity contribution is 8.93. The van der Waals surface area contributed by atoms with E-state index in [0.29, 0.717) is 0 Å². The zero-order valence-corrected chi connectivity index (χ0v) is 19.0. The topological polar surface area (TPSA) is 29.8 Å². The minimum Gasteiger partial charge on any atom is -0.378 e. The van der Waals surface area contributed by atoms with Crippen LogP contribution in [-0.2, 0) is 4.74 Å². The summed E-state index contributed by atoms with van der Waals surface area (Å²) in [7, 11) is 0. The third-order valence-electron chi connectivity index (χ3n) is 4.87. The first-order valence-corrected chi connectivity index (χ1v) is 10.2. The predicted molar refractivity (Wildman–Crippen MR) is 123 cm³/mol. The molecule has 0 radical (unpaired) electrons. The fraction of sp³-hybridized carbons (Fsp3) is 0.318. The number of ether oxygens (including phenoxy) is 1. The molecule has 1 aliphatic heterocycles. The van der Waals surface area contributed by atoms with E-state index in [1.807, 2.05) is 0 Å². The van der Waals surface area contributed by atoms with Gasteiger partial charge in [-0.25, -0.2) is 9.67 Å². The van der Waals surface area contributed by atoms with Gasteiger partial charge in [-0.2, -0.15) is 0 Å². The van der Waals surface area contributed by atoms with E-state index in [4.69, 9.17) is 9.73 Å². The Morgan fingerprint density at radius 3 is 2.29 bits per heavy atom. The molecule has 0 bridgehead atoms. The van der Waals surface area contributed by atoms with Gasteiger partial charge in [0.15, 0.2) is 0 Å². The molecule has 3 aromatic rings. The number of thiazole rings is 1. The predicted octanol–water partition coefficient (Wildman–Crippen LogP) is 4.92. The van der Waals surface area contributed by atoms with Crippen LogP contribution in [0.1, 0.15) is 16.7 Å². The van der Waals surface area contributed by atoms with Crippen molar-refractivity contribution in [3.8, 4) is 11.3 Å². The molecule has 2 heterocycles. The Labute approximate surface area is 180 Å². The van der Waals surface area contributed by atoms with Crippen LogP contribution in [0, 0.1) is 20.8 Å². The highest BCUT2D eigenvalue weighted by Gasteiger charge is 2.17. The normalized spacial score (nSPS) is 14.8. The average molecular weight is 460 g/mol. The molecule has 1 saturated heterocycles. The highest BCUT2D eigenvalue weighted by Crippen LogP contribution is 2.23. The third kappa shape index (κ3) is 4.40. The number of hydrogen-bond donors (Lipinski definition) is 0. The van der Waals surface area contributed by atoms with Gasteiger partial charge in [0.2, 0.25) is 4.80 Å². The van der Waals surface area contributed by atoms with E-state index >= 15 is 0 Å². The molecule has 4 nitrogen and oxygen atoms in total. The van der Waals surface area contributed by atoms with Crippen molar-refractivity contribution in [2.45, 2.75) is 20.8 Å². The molecule has 0 N–H and O–H groups in total. The van der Waals surface area contributed by atoms with E-state index in [9.17, 15) is 0 Å². The number of halogens is 1. The minimum atomic E-state index is 0. The van der Waals surface area contributed by atoms with E-state index in [1.165, 1.54) is 27.9 Å². The second-order valence-electron chi connectivity index (χ2n) is 7.05. The van der Waals surface area contributed by atoms with E-state index < -0.39 is 0 Å². The second kappa shape index (κ2) is 9.07. The highest BCUT2D eigenvalue weighted by atomic mass is 79.9. The summed E-state index contributed by atoms with van der Waals surface area (Å²) in [5.74, 6) is 0. The molecule has 148 valence electrons. The molecule has 0 atom stereocenters. The first-order valence-electron chi connectivity index (χ1n) is 9.34. The third-order valence-corrected chi connectivity index (χ3v) is 5.69. The van der Waals surface area contributed by atoms with Gasteiger partial charge in [0.25, 0.3) is 0 Å². The van der Waals surface area contributed by atoms with Gasteiger partial charge in [-0.3, -0.25) is 0 Å². The van der Waals surface area contributed by atoms with Gasteiger partial charge in [0.05, 0.1) is 37.7 Å². The quantitative estimate of drug-likeness (QED) is 0.556. The number of nitrogens with zero attached hydrogens (tertiary/aromatic N) is 3. The molecule has 1 aliphatic rings. The number of aryl methyl sites for hydroxylation is 3. The number of benzene rings is 2. The smallest absolute Gasteiger partial charge is 0.209 e. The van der Waals surface area contributed by atoms with Crippen LogP contribution >= 0.6 is 28.3 Å². The zero-order chi connectivity index (χ0) is 18.8. The molecule has 1 aromatic heterocycles. The molecular formula is C22H26BrN3OS. The summed E-state index contributed by atoms with van der Waals surface area (Å²) in [6.07, 6.45) is 0. The van der Waals surface area contributed by atoms with Gasteiger partial charge < -0.3 is 9.75 Å². The summed E-state index contributed by atoms with van der Waals surface area (Å²) in [6.45, 7) is 9.60. The first kappa shape index (κ1) is 20.8. The summed E-state index contributed by atoms with van der Waals surface area (Å²) < 4.78 is 7.84. The maximum atomic E-state index is 5.57. The first-order chi connectivity index (χ1) is 13.1. The standard InChI is InChI=1S/C22H25N3OS.BrH/c1-16-4-7-19(8-5-16)21-15-27-22(25(21)24-10-12-26-13-11-24)23-20-9-6-17(2)14-18(20)3;/h4-9,14-15H,10-13H2,1-3H3;1H. The average Bonchev–Trinajstić information content (AvgIpc) is 3.09. The summed E-state index contributed by atoms with van der Waals surface area (Å²) in [6, 6.07) is 15.1. The molecule has 0 unspecified atom stereocenters. The van der Waals surface area contributed by atoms with Gasteiger partial charge in [0, 0.05) is 10.9 Å². The van der Waals surface area contributed by atoms with Crippen LogP contribution in [0.4, 0.5) is 5.69 Å². The fourth-order valence-corrected chi connectivity index (χ4v) is 4.28. The molecular weight excluding hydrogens is 434 g/mol. The summed E-state index contributed by atoms with van der Waals surface area (Å²) >= 11 is 1.69. The lowest BCUT2D eigenvalue weighted by Crippen LogP contribution is -2.48. The molecule has 1 fully saturated rings. The van der Waals surface area contributed by atoms with Crippen LogP contribution in [-0.4, -0.2) is 31.0 Å². The van der Waals surface area contributed by atoms with Crippen molar-refractivity contribution < 1.29 is 4.74 Å². The van der Waals surface area contributed by atoms with Gasteiger partial charge in [-0.05, 0) is 32.4 Å². The lowest BCUT2D eigenvalue weighted by Gasteiger charge is -2.31. The van der Waals surface area contributed by atoms with E-state index in [2.05, 4.69) is 78.3 Å². The van der Waals surface area contributed by atoms with Crippen LogP contribution in [0.5, 0.6) is 0 Å². The zero-order valence-electron chi connectivity index (χ0n) is 16.5. The van der Waals surface area contributed by atoms with E-state index in [-0.39, 0.29) is 17.0 Å². The number of hydrogen-bond acceptors (Lipinski definition) is 4. The molecule has 6 heteroatoms. The summed E-state index contributed by atoms with van der Waals surface area (Å²) in [4.78, 5) is 6.02. The Morgan fingerprint density at radius 2 is 1.61 bits per heavy atom. The van der Waals surface area contributed by atoms with Crippen molar-refractivity contribution in [3.63, 3.8) is 0 Å². The van der Waals surface area contributed by atoms with Crippen molar-refractivity contribution in [3.05, 3.63) is 69.3 Å². The Balaban J connectivity index is 0.00000225. The van der Waals surface area contributed by atoms with Crippen LogP contribution < -0.4 is 9.81 Å². The fourth-order valence-electron chi connectivity index (χ4n) is 3.36. The Hall–Kier alpha value is -1.89. The lowest BCUT2D eigenvalue weighted by atomic mass is 10.1. The van der Waals surface area contributed by atoms with Gasteiger partial charge in [-0.1, -0.05) is 47.5 Å². The Morgan fingerprint density at radius 1 is 0.929 bits per heavy atom. The maximum absolute atomic E-state index is 5.57. The molecule has 0 spiro atoms. The summed E-state index contributed by atoms with van der Waals surface area (Å²) in [5, 5.41) is 4.56. The largest absolute Gasteiger partial charge is 0.378 e. The SMILES string of the molecule is Br.Cc1ccc(-c2csc(=Nc3ccc(C)cc3C)n2N2CCOCC2)cc1. The van der Waals surface area contributed by atoms with E-state index in [0.717, 1.165) is 36.8 Å². The van der Waals surface area contributed by atoms with Crippen molar-refractivity contribution in [2.75, 3.05) is 31.3 Å². The van der Waals surface area contributed by atoms with Crippen LogP contribution in [0.3, 0.4) is 0 Å². The molecule has 2 aromatic carbocycles. The van der Waals surface area contributed by atoms with Crippen molar-refractivity contribution in [2.24, 2.45) is 4.99 Å². The van der Waals surface area contributed by atoms with Gasteiger partial charge >= 0.3 is 0 Å². The van der Waals surface area contributed by atoms with Crippen molar-refractivity contribution in [1.82, 2.24) is 4.68 Å². The van der Waals surface area contributed by atoms with Gasteiger partial charge in [0.1, 0.15) is 0 Å². The van der Waals surface area contributed by atoms with Crippen molar-refractivity contribution >= 4 is 34.0 Å². The molecule has 4 rings (SSSR count). The van der Waals surface area contributed by atoms with Crippen LogP contribution in [0.15, 0.2) is 52.8 Å². The molecule has 0 aliphatic carbocycles. The molecule has 0 saturated carbocycles. The second-order valence-corrected chi connectivity index (χ2v) is 7.89. The molecule has 0 amide bonds. The van der Waals surface area contributed by atoms with Gasteiger partial charge in [-0.15, -0.1) is 28.3 Å². The number of morpholine rings is 1. The van der Waals surface area contributed by atoms with Crippen LogP contribution in [0.25, 0.3) is 11.3 Å². The minimum absolute atomic E-state index is 0. The molecule has 28 heavy (non-hydrogen) atoms. The Bertz CT molecular complexity index is 1000. The summed E-state index contributed by atoms with van der Waals surface area (Å²) in [5.41, 5.74) is 7.16. The van der Waals surface area contributed by atoms with Crippen molar-refractivity contribution in [1.29, 1.82) is 0 Å². The van der Waals surface area contributed by atoms with Crippen LogP contribution in [0.2, 0.25) is 0 Å². The number of aromatic nitrogens is 1. The monoisotopic (exact) mass is 459 g/mol. The Kier molecular flexibility index (Phi) is 6.75. The lowest BCUT2D eigenvalue weighted by molar-refractivity contribution is 0.111. The number of rotatable bonds is 3.